The van der Waals surface area contributed by atoms with Gasteiger partial charge < -0.3 is 9.52 Å². The molecule has 1 heterocycles. The summed E-state index contributed by atoms with van der Waals surface area (Å²) in [5, 5.41) is 9.14. The van der Waals surface area contributed by atoms with Crippen LogP contribution in [0.5, 0.6) is 0 Å². The lowest BCUT2D eigenvalue weighted by Gasteiger charge is -1.99. The largest absolute Gasteiger partial charge is 0.478 e. The molecule has 0 atom stereocenters. The molecule has 106 valence electrons. The molecule has 0 spiro atoms. The van der Waals surface area contributed by atoms with Crippen LogP contribution in [0.3, 0.4) is 0 Å². The van der Waals surface area contributed by atoms with Crippen molar-refractivity contribution in [3.05, 3.63) is 65.0 Å². The van der Waals surface area contributed by atoms with Crippen LogP contribution in [0.25, 0.3) is 11.1 Å². The van der Waals surface area contributed by atoms with Gasteiger partial charge in [0.2, 0.25) is 0 Å². The number of carboxylic acid groups (broad SMARTS) is 1. The third-order valence-electron chi connectivity index (χ3n) is 3.44. The standard InChI is InChI=1S/C17H15NO3/c1-11-5-7-12(8-6-11)9-10-15-18-14-4-2-3-13(17(19)20)16(14)21-15/h2-8H,9-10H2,1H3,(H,19,20). The summed E-state index contributed by atoms with van der Waals surface area (Å²) < 4.78 is 5.61. The Morgan fingerprint density at radius 3 is 2.62 bits per heavy atom. The first-order valence-electron chi connectivity index (χ1n) is 6.81. The second-order valence-corrected chi connectivity index (χ2v) is 5.05. The number of benzene rings is 2. The van der Waals surface area contributed by atoms with Gasteiger partial charge in [-0.15, -0.1) is 0 Å². The minimum Gasteiger partial charge on any atom is -0.478 e. The Kier molecular flexibility index (Phi) is 3.44. The number of aromatic nitrogens is 1. The Morgan fingerprint density at radius 2 is 1.90 bits per heavy atom. The Hall–Kier alpha value is -2.62. The number of fused-ring (bicyclic) bond motifs is 1. The van der Waals surface area contributed by atoms with Crippen LogP contribution in [0.1, 0.15) is 27.4 Å². The van der Waals surface area contributed by atoms with Crippen LogP contribution in [0.15, 0.2) is 46.9 Å². The topological polar surface area (TPSA) is 63.3 Å². The highest BCUT2D eigenvalue weighted by atomic mass is 16.4. The molecule has 0 aliphatic heterocycles. The number of rotatable bonds is 4. The lowest BCUT2D eigenvalue weighted by Crippen LogP contribution is -1.95. The van der Waals surface area contributed by atoms with Gasteiger partial charge >= 0.3 is 5.97 Å². The lowest BCUT2D eigenvalue weighted by atomic mass is 10.1. The molecule has 21 heavy (non-hydrogen) atoms. The van der Waals surface area contributed by atoms with Crippen LogP contribution in [0.4, 0.5) is 0 Å². The van der Waals surface area contributed by atoms with Crippen LogP contribution in [0, 0.1) is 6.92 Å². The smallest absolute Gasteiger partial charge is 0.339 e. The van der Waals surface area contributed by atoms with Gasteiger partial charge in [0.1, 0.15) is 11.1 Å². The molecule has 0 fully saturated rings. The fourth-order valence-corrected chi connectivity index (χ4v) is 2.28. The maximum absolute atomic E-state index is 11.1. The van der Waals surface area contributed by atoms with Crippen molar-refractivity contribution in [3.8, 4) is 0 Å². The molecule has 0 saturated carbocycles. The van der Waals surface area contributed by atoms with Gasteiger partial charge in [-0.25, -0.2) is 9.78 Å². The van der Waals surface area contributed by atoms with E-state index in [1.807, 2.05) is 0 Å². The molecule has 0 aliphatic carbocycles. The molecular weight excluding hydrogens is 266 g/mol. The highest BCUT2D eigenvalue weighted by Crippen LogP contribution is 2.21. The molecule has 3 aromatic rings. The fraction of sp³-hybridized carbons (Fsp3) is 0.176. The van der Waals surface area contributed by atoms with E-state index in [1.54, 1.807) is 12.1 Å². The number of aromatic carboxylic acids is 1. The molecule has 3 rings (SSSR count). The third-order valence-corrected chi connectivity index (χ3v) is 3.44. The molecule has 0 radical (unpaired) electrons. The third kappa shape index (κ3) is 2.79. The van der Waals surface area contributed by atoms with Crippen molar-refractivity contribution in [2.45, 2.75) is 19.8 Å². The van der Waals surface area contributed by atoms with Crippen LogP contribution in [0.2, 0.25) is 0 Å². The molecule has 0 unspecified atom stereocenters. The maximum atomic E-state index is 11.1. The normalized spacial score (nSPS) is 10.9. The van der Waals surface area contributed by atoms with E-state index in [4.69, 9.17) is 9.52 Å². The van der Waals surface area contributed by atoms with Gasteiger partial charge in [-0.3, -0.25) is 0 Å². The predicted molar refractivity (Wildman–Crippen MR) is 79.6 cm³/mol. The molecule has 2 aromatic carbocycles. The second-order valence-electron chi connectivity index (χ2n) is 5.05. The summed E-state index contributed by atoms with van der Waals surface area (Å²) in [5.74, 6) is -0.430. The van der Waals surface area contributed by atoms with Crippen molar-refractivity contribution in [1.29, 1.82) is 0 Å². The van der Waals surface area contributed by atoms with Gasteiger partial charge in [-0.05, 0) is 31.0 Å². The summed E-state index contributed by atoms with van der Waals surface area (Å²) in [4.78, 5) is 15.5. The quantitative estimate of drug-likeness (QED) is 0.793. The minimum absolute atomic E-state index is 0.154. The zero-order valence-electron chi connectivity index (χ0n) is 11.7. The number of oxazole rings is 1. The lowest BCUT2D eigenvalue weighted by molar-refractivity contribution is 0.0698. The average molecular weight is 281 g/mol. The summed E-state index contributed by atoms with van der Waals surface area (Å²) in [6, 6.07) is 13.3. The summed E-state index contributed by atoms with van der Waals surface area (Å²) >= 11 is 0. The molecule has 0 aliphatic rings. The summed E-state index contributed by atoms with van der Waals surface area (Å²) in [6.07, 6.45) is 1.46. The molecule has 0 amide bonds. The van der Waals surface area contributed by atoms with E-state index in [9.17, 15) is 4.79 Å². The second kappa shape index (κ2) is 5.40. The van der Waals surface area contributed by atoms with E-state index in [0.717, 1.165) is 6.42 Å². The summed E-state index contributed by atoms with van der Waals surface area (Å²) in [5.41, 5.74) is 3.53. The number of hydrogen-bond acceptors (Lipinski definition) is 3. The van der Waals surface area contributed by atoms with Crippen molar-refractivity contribution < 1.29 is 14.3 Å². The Labute approximate surface area is 122 Å². The van der Waals surface area contributed by atoms with Crippen molar-refractivity contribution in [1.82, 2.24) is 4.98 Å². The number of para-hydroxylation sites is 1. The summed E-state index contributed by atoms with van der Waals surface area (Å²) in [6.45, 7) is 2.05. The van der Waals surface area contributed by atoms with Gasteiger partial charge in [-0.1, -0.05) is 35.9 Å². The van der Waals surface area contributed by atoms with E-state index in [2.05, 4.69) is 36.2 Å². The Bertz CT molecular complexity index is 787. The molecule has 0 saturated heterocycles. The van der Waals surface area contributed by atoms with Gasteiger partial charge in [0.05, 0.1) is 0 Å². The van der Waals surface area contributed by atoms with Crippen molar-refractivity contribution >= 4 is 17.1 Å². The van der Waals surface area contributed by atoms with E-state index in [1.165, 1.54) is 17.2 Å². The Morgan fingerprint density at radius 1 is 1.14 bits per heavy atom. The molecule has 1 aromatic heterocycles. The minimum atomic E-state index is -0.998. The van der Waals surface area contributed by atoms with Gasteiger partial charge in [0, 0.05) is 6.42 Å². The highest BCUT2D eigenvalue weighted by molar-refractivity contribution is 5.99. The highest BCUT2D eigenvalue weighted by Gasteiger charge is 2.14. The van der Waals surface area contributed by atoms with Crippen molar-refractivity contribution in [2.75, 3.05) is 0 Å². The van der Waals surface area contributed by atoms with Crippen molar-refractivity contribution in [3.63, 3.8) is 0 Å². The van der Waals surface area contributed by atoms with Crippen LogP contribution in [-0.4, -0.2) is 16.1 Å². The zero-order chi connectivity index (χ0) is 14.8. The first kappa shape index (κ1) is 13.4. The number of hydrogen-bond donors (Lipinski definition) is 1. The average Bonchev–Trinajstić information content (AvgIpc) is 2.89. The van der Waals surface area contributed by atoms with Crippen LogP contribution >= 0.6 is 0 Å². The molecule has 1 N–H and O–H groups in total. The predicted octanol–water partition coefficient (Wildman–Crippen LogP) is 3.62. The van der Waals surface area contributed by atoms with E-state index >= 15 is 0 Å². The number of carboxylic acids is 1. The van der Waals surface area contributed by atoms with Crippen molar-refractivity contribution in [2.24, 2.45) is 0 Å². The van der Waals surface area contributed by atoms with E-state index in [0.29, 0.717) is 23.4 Å². The maximum Gasteiger partial charge on any atom is 0.339 e. The van der Waals surface area contributed by atoms with E-state index in [-0.39, 0.29) is 5.56 Å². The first-order chi connectivity index (χ1) is 10.1. The van der Waals surface area contributed by atoms with Crippen LogP contribution in [-0.2, 0) is 12.8 Å². The fourth-order valence-electron chi connectivity index (χ4n) is 2.28. The van der Waals surface area contributed by atoms with Crippen LogP contribution < -0.4 is 0 Å². The number of aryl methyl sites for hydroxylation is 3. The number of nitrogens with zero attached hydrogens (tertiary/aromatic N) is 1. The van der Waals surface area contributed by atoms with Gasteiger partial charge in [0.25, 0.3) is 0 Å². The zero-order valence-corrected chi connectivity index (χ0v) is 11.7. The molecule has 4 heteroatoms. The first-order valence-corrected chi connectivity index (χ1v) is 6.81. The monoisotopic (exact) mass is 281 g/mol. The molecule has 0 bridgehead atoms. The molecule has 4 nitrogen and oxygen atoms in total. The van der Waals surface area contributed by atoms with Gasteiger partial charge in [0.15, 0.2) is 11.5 Å². The van der Waals surface area contributed by atoms with E-state index < -0.39 is 5.97 Å². The van der Waals surface area contributed by atoms with Gasteiger partial charge in [-0.2, -0.15) is 0 Å². The number of carbonyl (C=O) groups is 1. The Balaban J connectivity index is 1.83. The SMILES string of the molecule is Cc1ccc(CCc2nc3cccc(C(=O)O)c3o2)cc1. The molecular formula is C17H15NO3. The summed E-state index contributed by atoms with van der Waals surface area (Å²) in [7, 11) is 0.